The third-order valence-electron chi connectivity index (χ3n) is 1.51. The van der Waals surface area contributed by atoms with Crippen molar-refractivity contribution >= 4 is 11.9 Å². The maximum Gasteiger partial charge on any atom is 0.337 e. The zero-order chi connectivity index (χ0) is 14.1. The second kappa shape index (κ2) is 7.72. The van der Waals surface area contributed by atoms with Crippen molar-refractivity contribution in [3.8, 4) is 0 Å². The summed E-state index contributed by atoms with van der Waals surface area (Å²) in [4.78, 5) is 27.2. The molecule has 0 aromatic carbocycles. The maximum absolute atomic E-state index is 11.3. The zero-order valence-corrected chi connectivity index (χ0v) is 10.4. The summed E-state index contributed by atoms with van der Waals surface area (Å²) >= 11 is 0. The number of nitrogens with zero attached hydrogens (tertiary/aromatic N) is 1. The third kappa shape index (κ3) is 6.16. The Kier molecular flexibility index (Phi) is 6.65. The molecule has 18 heavy (non-hydrogen) atoms. The Morgan fingerprint density at radius 2 is 1.83 bits per heavy atom. The fraction of sp³-hybridized carbons (Fsp3) is 0.167. The lowest BCUT2D eigenvalue weighted by molar-refractivity contribution is -0.143. The molecule has 0 bridgehead atoms. The second-order valence-electron chi connectivity index (χ2n) is 3.29. The molecule has 0 heterocycles. The molecule has 0 rings (SSSR count). The number of carbonyl (C=O) groups excluding carboxylic acids is 2. The molecule has 0 atom stereocenters. The van der Waals surface area contributed by atoms with Crippen LogP contribution in [0.2, 0.25) is 0 Å². The average molecular weight is 252 g/mol. The summed E-state index contributed by atoms with van der Waals surface area (Å²) in [7, 11) is 0. The van der Waals surface area contributed by atoms with Gasteiger partial charge in [-0.1, -0.05) is 19.7 Å². The van der Waals surface area contributed by atoms with E-state index in [0.717, 1.165) is 17.7 Å². The van der Waals surface area contributed by atoms with E-state index in [0.29, 0.717) is 5.57 Å². The van der Waals surface area contributed by atoms with Crippen molar-refractivity contribution in [1.82, 2.24) is 10.6 Å². The van der Waals surface area contributed by atoms with Gasteiger partial charge in [0, 0.05) is 11.1 Å². The first-order chi connectivity index (χ1) is 8.38. The van der Waals surface area contributed by atoms with Gasteiger partial charge in [0.05, 0.1) is 6.20 Å². The van der Waals surface area contributed by atoms with Gasteiger partial charge in [-0.05, 0) is 13.8 Å². The van der Waals surface area contributed by atoms with E-state index in [-0.39, 0.29) is 5.57 Å². The molecule has 0 saturated heterocycles. The number of amides is 1. The summed E-state index contributed by atoms with van der Waals surface area (Å²) in [6.07, 6.45) is 3.31. The van der Waals surface area contributed by atoms with Crippen LogP contribution in [0.15, 0.2) is 49.6 Å². The Bertz CT molecular complexity index is 399. The van der Waals surface area contributed by atoms with E-state index < -0.39 is 11.9 Å². The highest BCUT2D eigenvalue weighted by molar-refractivity contribution is 5.91. The molecule has 1 amide bonds. The molecule has 6 nitrogen and oxygen atoms in total. The predicted molar refractivity (Wildman–Crippen MR) is 66.1 cm³/mol. The van der Waals surface area contributed by atoms with Gasteiger partial charge in [0.2, 0.25) is 0 Å². The van der Waals surface area contributed by atoms with E-state index in [9.17, 15) is 9.59 Å². The molecule has 0 spiro atoms. The van der Waals surface area contributed by atoms with Crippen molar-refractivity contribution in [1.29, 1.82) is 0 Å². The van der Waals surface area contributed by atoms with E-state index in [2.05, 4.69) is 29.9 Å². The minimum absolute atomic E-state index is 0.252. The molecule has 0 aromatic rings. The molecular weight excluding hydrogens is 236 g/mol. The van der Waals surface area contributed by atoms with Crippen LogP contribution < -0.4 is 5.43 Å². The van der Waals surface area contributed by atoms with Gasteiger partial charge in [-0.3, -0.25) is 4.79 Å². The lowest BCUT2D eigenvalue weighted by Gasteiger charge is -2.18. The van der Waals surface area contributed by atoms with Crippen LogP contribution in [0.5, 0.6) is 0 Å². The topological polar surface area (TPSA) is 67.9 Å². The number of carbonyl (C=O) groups is 2. The molecule has 0 unspecified atom stereocenters. The van der Waals surface area contributed by atoms with Gasteiger partial charge in [0.1, 0.15) is 12.5 Å². The lowest BCUT2D eigenvalue weighted by atomic mass is 10.3. The van der Waals surface area contributed by atoms with Crippen LogP contribution in [0.25, 0.3) is 0 Å². The van der Waals surface area contributed by atoms with Crippen molar-refractivity contribution in [2.75, 3.05) is 0 Å². The number of hydrazine groups is 1. The van der Waals surface area contributed by atoms with E-state index in [4.69, 9.17) is 4.84 Å². The van der Waals surface area contributed by atoms with Gasteiger partial charge in [0.15, 0.2) is 0 Å². The predicted octanol–water partition coefficient (Wildman–Crippen LogP) is 1.56. The molecule has 0 saturated carbocycles. The fourth-order valence-corrected chi connectivity index (χ4v) is 0.623. The summed E-state index contributed by atoms with van der Waals surface area (Å²) in [5.74, 6) is -1.04. The number of hydrogen-bond donors (Lipinski definition) is 1. The van der Waals surface area contributed by atoms with Crippen molar-refractivity contribution in [2.45, 2.75) is 13.8 Å². The van der Waals surface area contributed by atoms with Crippen LogP contribution in [0.3, 0.4) is 0 Å². The van der Waals surface area contributed by atoms with E-state index in [1.165, 1.54) is 20.0 Å². The fourth-order valence-electron chi connectivity index (χ4n) is 0.623. The monoisotopic (exact) mass is 252 g/mol. The molecule has 0 aromatic heterocycles. The Hall–Kier alpha value is -2.50. The van der Waals surface area contributed by atoms with E-state index in [1.54, 1.807) is 0 Å². The first-order valence-electron chi connectivity index (χ1n) is 4.95. The van der Waals surface area contributed by atoms with Crippen molar-refractivity contribution in [2.24, 2.45) is 0 Å². The van der Waals surface area contributed by atoms with Crippen molar-refractivity contribution in [3.63, 3.8) is 0 Å². The van der Waals surface area contributed by atoms with Gasteiger partial charge in [-0.25, -0.2) is 10.2 Å². The van der Waals surface area contributed by atoms with Gasteiger partial charge in [-0.2, -0.15) is 0 Å². The summed E-state index contributed by atoms with van der Waals surface area (Å²) < 4.78 is 4.67. The van der Waals surface area contributed by atoms with E-state index in [1.807, 2.05) is 0 Å². The summed E-state index contributed by atoms with van der Waals surface area (Å²) in [6.45, 7) is 13.2. The van der Waals surface area contributed by atoms with Gasteiger partial charge >= 0.3 is 5.97 Å². The zero-order valence-electron chi connectivity index (χ0n) is 10.4. The minimum Gasteiger partial charge on any atom is -0.429 e. The molecule has 0 radical (unpaired) electrons. The van der Waals surface area contributed by atoms with Crippen LogP contribution >= 0.6 is 0 Å². The summed E-state index contributed by atoms with van der Waals surface area (Å²) in [5.41, 5.74) is 2.86. The van der Waals surface area contributed by atoms with Crippen LogP contribution in [0.1, 0.15) is 13.8 Å². The maximum atomic E-state index is 11.3. The molecule has 0 fully saturated rings. The molecule has 6 heteroatoms. The molecule has 0 aliphatic heterocycles. The Morgan fingerprint density at radius 1 is 1.22 bits per heavy atom. The first-order valence-corrected chi connectivity index (χ1v) is 4.95. The minimum atomic E-state index is -0.587. The smallest absolute Gasteiger partial charge is 0.337 e. The van der Waals surface area contributed by atoms with Gasteiger partial charge < -0.3 is 9.57 Å². The van der Waals surface area contributed by atoms with Crippen LogP contribution in [-0.2, 0) is 19.2 Å². The molecule has 0 aliphatic carbocycles. The van der Waals surface area contributed by atoms with Crippen LogP contribution in [0, 0.1) is 0 Å². The second-order valence-corrected chi connectivity index (χ2v) is 3.29. The van der Waals surface area contributed by atoms with E-state index >= 15 is 0 Å². The average Bonchev–Trinajstić information content (AvgIpc) is 2.28. The largest absolute Gasteiger partial charge is 0.429 e. The van der Waals surface area contributed by atoms with Gasteiger partial charge in [0.25, 0.3) is 5.91 Å². The van der Waals surface area contributed by atoms with Crippen molar-refractivity contribution in [3.05, 3.63) is 49.6 Å². The lowest BCUT2D eigenvalue weighted by Crippen LogP contribution is -2.37. The van der Waals surface area contributed by atoms with Crippen molar-refractivity contribution < 1.29 is 19.2 Å². The SMILES string of the molecule is C=CON(C=COC(=O)C(=C)C)NC(=O)C(=C)C. The quantitative estimate of drug-likeness (QED) is 0.322. The highest BCUT2D eigenvalue weighted by Crippen LogP contribution is 1.96. The van der Waals surface area contributed by atoms with Crippen LogP contribution in [-0.4, -0.2) is 17.0 Å². The number of esters is 1. The molecule has 98 valence electrons. The number of rotatable bonds is 7. The van der Waals surface area contributed by atoms with Gasteiger partial charge in [-0.15, -0.1) is 5.17 Å². The molecule has 1 N–H and O–H groups in total. The molecular formula is C12H16N2O4. The number of nitrogens with one attached hydrogen (secondary N) is 1. The highest BCUT2D eigenvalue weighted by atomic mass is 16.7. The highest BCUT2D eigenvalue weighted by Gasteiger charge is 2.06. The Balaban J connectivity index is 4.43. The summed E-state index contributed by atoms with van der Waals surface area (Å²) in [6, 6.07) is 0. The Labute approximate surface area is 106 Å². The number of hydrogen-bond acceptors (Lipinski definition) is 5. The number of hydroxylamine groups is 1. The standard InChI is InChI=1S/C12H16N2O4/c1-6-18-14(13-11(15)9(2)3)7-8-17-12(16)10(4)5/h6-8H,1-2,4H2,3,5H3,(H,13,15). The molecule has 0 aliphatic rings. The normalized spacial score (nSPS) is 9.44. The first kappa shape index (κ1) is 15.5. The number of ether oxygens (including phenoxy) is 1. The summed E-state index contributed by atoms with van der Waals surface area (Å²) in [5, 5.41) is 0.912. The van der Waals surface area contributed by atoms with Crippen LogP contribution in [0.4, 0.5) is 0 Å². The Morgan fingerprint density at radius 3 is 2.28 bits per heavy atom. The third-order valence-corrected chi connectivity index (χ3v) is 1.51.